The molecule has 2 rings (SSSR count). The lowest BCUT2D eigenvalue weighted by atomic mass is 9.86. The number of hydrogen-bond acceptors (Lipinski definition) is 2. The van der Waals surface area contributed by atoms with Crippen LogP contribution in [0.25, 0.3) is 0 Å². The molecule has 64 valence electrons. The summed E-state index contributed by atoms with van der Waals surface area (Å²) in [4.78, 5) is 2.47. The molecule has 0 spiro atoms. The van der Waals surface area contributed by atoms with E-state index < -0.39 is 0 Å². The standard InChI is InChI=1S/C9H18N2/c1-11-6-4-9-8(7-11)3-2-5-10-9/h8-10H,2-7H2,1H3. The SMILES string of the molecule is CN1CCC2NCCCC2C1. The van der Waals surface area contributed by atoms with E-state index >= 15 is 0 Å². The van der Waals surface area contributed by atoms with E-state index in [4.69, 9.17) is 0 Å². The molecule has 0 aromatic rings. The molecule has 2 fully saturated rings. The molecule has 2 nitrogen and oxygen atoms in total. The van der Waals surface area contributed by atoms with Gasteiger partial charge in [0.2, 0.25) is 0 Å². The number of nitrogens with zero attached hydrogens (tertiary/aromatic N) is 1. The molecule has 2 aliphatic heterocycles. The summed E-state index contributed by atoms with van der Waals surface area (Å²) in [5.74, 6) is 0.947. The van der Waals surface area contributed by atoms with Gasteiger partial charge in [0.05, 0.1) is 0 Å². The highest BCUT2D eigenvalue weighted by Crippen LogP contribution is 2.23. The molecule has 2 atom stereocenters. The van der Waals surface area contributed by atoms with Gasteiger partial charge in [0.25, 0.3) is 0 Å². The first-order valence-electron chi connectivity index (χ1n) is 4.78. The smallest absolute Gasteiger partial charge is 0.0120 e. The van der Waals surface area contributed by atoms with Gasteiger partial charge >= 0.3 is 0 Å². The van der Waals surface area contributed by atoms with Crippen molar-refractivity contribution in [2.45, 2.75) is 25.3 Å². The zero-order valence-corrected chi connectivity index (χ0v) is 7.34. The van der Waals surface area contributed by atoms with Crippen LogP contribution in [0.1, 0.15) is 19.3 Å². The largest absolute Gasteiger partial charge is 0.314 e. The molecule has 0 aromatic carbocycles. The fraction of sp³-hybridized carbons (Fsp3) is 1.00. The number of likely N-dealkylation sites (tertiary alicyclic amines) is 1. The Morgan fingerprint density at radius 3 is 3.18 bits per heavy atom. The Labute approximate surface area is 69.0 Å². The van der Waals surface area contributed by atoms with E-state index in [0.717, 1.165) is 12.0 Å². The van der Waals surface area contributed by atoms with Gasteiger partial charge in [-0.25, -0.2) is 0 Å². The van der Waals surface area contributed by atoms with Crippen molar-refractivity contribution in [2.75, 3.05) is 26.7 Å². The number of fused-ring (bicyclic) bond motifs is 1. The molecular formula is C9H18N2. The molecule has 0 bridgehead atoms. The Hall–Kier alpha value is -0.0800. The van der Waals surface area contributed by atoms with Crippen molar-refractivity contribution in [2.24, 2.45) is 5.92 Å². The summed E-state index contributed by atoms with van der Waals surface area (Å²) in [5.41, 5.74) is 0. The molecular weight excluding hydrogens is 136 g/mol. The third-order valence-electron chi connectivity index (χ3n) is 3.10. The minimum atomic E-state index is 0.847. The van der Waals surface area contributed by atoms with Gasteiger partial charge < -0.3 is 10.2 Å². The summed E-state index contributed by atoms with van der Waals surface area (Å²) in [6.07, 6.45) is 4.19. The van der Waals surface area contributed by atoms with E-state index in [1.807, 2.05) is 0 Å². The van der Waals surface area contributed by atoms with E-state index in [9.17, 15) is 0 Å². The lowest BCUT2D eigenvalue weighted by Gasteiger charge is -2.40. The van der Waals surface area contributed by atoms with Gasteiger partial charge in [-0.3, -0.25) is 0 Å². The summed E-state index contributed by atoms with van der Waals surface area (Å²) in [6, 6.07) is 0.847. The Kier molecular flexibility index (Phi) is 2.14. The first-order valence-corrected chi connectivity index (χ1v) is 4.78. The van der Waals surface area contributed by atoms with E-state index in [0.29, 0.717) is 0 Å². The van der Waals surface area contributed by atoms with Crippen LogP contribution in [-0.4, -0.2) is 37.6 Å². The van der Waals surface area contributed by atoms with Crippen LogP contribution in [0.3, 0.4) is 0 Å². The van der Waals surface area contributed by atoms with Gasteiger partial charge in [-0.1, -0.05) is 0 Å². The van der Waals surface area contributed by atoms with Gasteiger partial charge in [-0.15, -0.1) is 0 Å². The third kappa shape index (κ3) is 1.57. The predicted molar refractivity (Wildman–Crippen MR) is 46.6 cm³/mol. The molecule has 2 heterocycles. The first-order chi connectivity index (χ1) is 5.36. The zero-order valence-electron chi connectivity index (χ0n) is 7.34. The minimum Gasteiger partial charge on any atom is -0.314 e. The Balaban J connectivity index is 1.93. The summed E-state index contributed by atoms with van der Waals surface area (Å²) in [6.45, 7) is 3.86. The second-order valence-corrected chi connectivity index (χ2v) is 4.01. The number of piperidine rings is 2. The number of nitrogens with one attached hydrogen (secondary N) is 1. The molecule has 0 saturated carbocycles. The topological polar surface area (TPSA) is 15.3 Å². The van der Waals surface area contributed by atoms with E-state index in [1.165, 1.54) is 38.9 Å². The normalized spacial score (nSPS) is 40.1. The minimum absolute atomic E-state index is 0.847. The quantitative estimate of drug-likeness (QED) is 0.552. The van der Waals surface area contributed by atoms with Gasteiger partial charge in [0.1, 0.15) is 0 Å². The number of hydrogen-bond donors (Lipinski definition) is 1. The zero-order chi connectivity index (χ0) is 7.68. The molecule has 0 aliphatic carbocycles. The van der Waals surface area contributed by atoms with Crippen molar-refractivity contribution in [1.82, 2.24) is 10.2 Å². The molecule has 1 N–H and O–H groups in total. The maximum Gasteiger partial charge on any atom is 0.0120 e. The van der Waals surface area contributed by atoms with Crippen molar-refractivity contribution in [1.29, 1.82) is 0 Å². The Morgan fingerprint density at radius 1 is 1.36 bits per heavy atom. The van der Waals surface area contributed by atoms with Crippen LogP contribution in [0.2, 0.25) is 0 Å². The van der Waals surface area contributed by atoms with Gasteiger partial charge in [-0.2, -0.15) is 0 Å². The third-order valence-corrected chi connectivity index (χ3v) is 3.10. The van der Waals surface area contributed by atoms with Crippen molar-refractivity contribution in [3.63, 3.8) is 0 Å². The molecule has 0 radical (unpaired) electrons. The maximum atomic E-state index is 3.61. The highest BCUT2D eigenvalue weighted by Gasteiger charge is 2.28. The summed E-state index contributed by atoms with van der Waals surface area (Å²) in [7, 11) is 2.24. The molecule has 2 saturated heterocycles. The van der Waals surface area contributed by atoms with Crippen LogP contribution in [0, 0.1) is 5.92 Å². The van der Waals surface area contributed by atoms with Crippen LogP contribution < -0.4 is 5.32 Å². The van der Waals surface area contributed by atoms with Gasteiger partial charge in [0, 0.05) is 12.6 Å². The first kappa shape index (κ1) is 7.56. The maximum absolute atomic E-state index is 3.61. The van der Waals surface area contributed by atoms with Crippen molar-refractivity contribution >= 4 is 0 Å². The molecule has 0 aromatic heterocycles. The Morgan fingerprint density at radius 2 is 2.27 bits per heavy atom. The van der Waals surface area contributed by atoms with Crippen molar-refractivity contribution in [3.05, 3.63) is 0 Å². The predicted octanol–water partition coefficient (Wildman–Crippen LogP) is 0.690. The second-order valence-electron chi connectivity index (χ2n) is 4.01. The second kappa shape index (κ2) is 3.11. The average molecular weight is 154 g/mol. The van der Waals surface area contributed by atoms with Crippen LogP contribution >= 0.6 is 0 Å². The van der Waals surface area contributed by atoms with Crippen LogP contribution in [-0.2, 0) is 0 Å². The van der Waals surface area contributed by atoms with Gasteiger partial charge in [-0.05, 0) is 45.3 Å². The lowest BCUT2D eigenvalue weighted by Crippen LogP contribution is -2.50. The highest BCUT2D eigenvalue weighted by molar-refractivity contribution is 4.86. The number of rotatable bonds is 0. The summed E-state index contributed by atoms with van der Waals surface area (Å²) in [5, 5.41) is 3.61. The fourth-order valence-corrected chi connectivity index (χ4v) is 2.43. The van der Waals surface area contributed by atoms with Gasteiger partial charge in [0.15, 0.2) is 0 Å². The molecule has 0 amide bonds. The molecule has 2 aliphatic rings. The monoisotopic (exact) mass is 154 g/mol. The summed E-state index contributed by atoms with van der Waals surface area (Å²) >= 11 is 0. The van der Waals surface area contributed by atoms with Crippen LogP contribution in [0.15, 0.2) is 0 Å². The van der Waals surface area contributed by atoms with Crippen LogP contribution in [0.5, 0.6) is 0 Å². The Bertz CT molecular complexity index is 136. The molecule has 2 unspecified atom stereocenters. The van der Waals surface area contributed by atoms with Crippen molar-refractivity contribution < 1.29 is 0 Å². The van der Waals surface area contributed by atoms with E-state index in [-0.39, 0.29) is 0 Å². The molecule has 2 heteroatoms. The summed E-state index contributed by atoms with van der Waals surface area (Å²) < 4.78 is 0. The van der Waals surface area contributed by atoms with Crippen molar-refractivity contribution in [3.8, 4) is 0 Å². The molecule has 11 heavy (non-hydrogen) atoms. The fourth-order valence-electron chi connectivity index (χ4n) is 2.43. The van der Waals surface area contributed by atoms with Crippen LogP contribution in [0.4, 0.5) is 0 Å². The lowest BCUT2D eigenvalue weighted by molar-refractivity contribution is 0.135. The van der Waals surface area contributed by atoms with E-state index in [2.05, 4.69) is 17.3 Å². The highest BCUT2D eigenvalue weighted by atomic mass is 15.1. The average Bonchev–Trinajstić information content (AvgIpc) is 2.04. The van der Waals surface area contributed by atoms with E-state index in [1.54, 1.807) is 0 Å².